The highest BCUT2D eigenvalue weighted by Crippen LogP contribution is 2.32. The van der Waals surface area contributed by atoms with E-state index in [1.165, 1.54) is 0 Å². The SMILES string of the molecule is Cc1cc(S(=O)(=O)Nc2cccc(C)c2C#N)sc1Br. The van der Waals surface area contributed by atoms with Gasteiger partial charge in [0.1, 0.15) is 10.3 Å². The maximum Gasteiger partial charge on any atom is 0.271 e. The molecule has 0 spiro atoms. The lowest BCUT2D eigenvalue weighted by molar-refractivity contribution is 0.603. The van der Waals surface area contributed by atoms with Gasteiger partial charge in [-0.15, -0.1) is 11.3 Å². The molecular weight excluding hydrogens is 360 g/mol. The zero-order valence-corrected chi connectivity index (χ0v) is 14.0. The lowest BCUT2D eigenvalue weighted by Gasteiger charge is -2.09. The Bertz CT molecular complexity index is 785. The Morgan fingerprint density at radius 3 is 2.55 bits per heavy atom. The normalized spacial score (nSPS) is 11.1. The molecule has 1 aromatic carbocycles. The first-order chi connectivity index (χ1) is 9.35. The first kappa shape index (κ1) is 15.0. The molecule has 0 bridgehead atoms. The van der Waals surface area contributed by atoms with E-state index in [-0.39, 0.29) is 4.21 Å². The number of nitriles is 1. The van der Waals surface area contributed by atoms with Gasteiger partial charge in [0, 0.05) is 0 Å². The molecule has 0 aliphatic rings. The van der Waals surface area contributed by atoms with Crippen LogP contribution in [0.15, 0.2) is 32.3 Å². The Morgan fingerprint density at radius 2 is 2.00 bits per heavy atom. The summed E-state index contributed by atoms with van der Waals surface area (Å²) in [6.45, 7) is 3.59. The summed E-state index contributed by atoms with van der Waals surface area (Å²) in [5.41, 5.74) is 2.23. The van der Waals surface area contributed by atoms with E-state index in [0.29, 0.717) is 11.3 Å². The molecule has 0 saturated heterocycles. The number of hydrogen-bond acceptors (Lipinski definition) is 4. The third-order valence-electron chi connectivity index (χ3n) is 2.73. The van der Waals surface area contributed by atoms with Crippen LogP contribution in [-0.4, -0.2) is 8.42 Å². The van der Waals surface area contributed by atoms with Crippen LogP contribution in [0.5, 0.6) is 0 Å². The summed E-state index contributed by atoms with van der Waals surface area (Å²) in [4.78, 5) is 0. The number of sulfonamides is 1. The molecule has 0 aliphatic heterocycles. The summed E-state index contributed by atoms with van der Waals surface area (Å²) in [5, 5.41) is 9.13. The van der Waals surface area contributed by atoms with Gasteiger partial charge in [0.15, 0.2) is 0 Å². The average Bonchev–Trinajstić information content (AvgIpc) is 2.70. The molecule has 0 saturated carbocycles. The van der Waals surface area contributed by atoms with Crippen molar-refractivity contribution in [3.8, 4) is 6.07 Å². The van der Waals surface area contributed by atoms with Gasteiger partial charge in [0.25, 0.3) is 10.0 Å². The van der Waals surface area contributed by atoms with Crippen molar-refractivity contribution in [2.75, 3.05) is 4.72 Å². The molecule has 0 unspecified atom stereocenters. The molecule has 0 fully saturated rings. The molecule has 0 radical (unpaired) electrons. The quantitative estimate of drug-likeness (QED) is 0.892. The zero-order valence-electron chi connectivity index (χ0n) is 10.8. The van der Waals surface area contributed by atoms with E-state index in [0.717, 1.165) is 26.3 Å². The molecule has 2 aromatic rings. The smallest absolute Gasteiger partial charge is 0.271 e. The molecular formula is C13H11BrN2O2S2. The van der Waals surface area contributed by atoms with Crippen molar-refractivity contribution in [2.24, 2.45) is 0 Å². The van der Waals surface area contributed by atoms with Gasteiger partial charge in [-0.1, -0.05) is 12.1 Å². The zero-order chi connectivity index (χ0) is 14.9. The number of nitrogens with zero attached hydrogens (tertiary/aromatic N) is 1. The van der Waals surface area contributed by atoms with E-state index < -0.39 is 10.0 Å². The van der Waals surface area contributed by atoms with Gasteiger partial charge in [-0.3, -0.25) is 4.72 Å². The Kier molecular flexibility index (Phi) is 4.18. The van der Waals surface area contributed by atoms with E-state index >= 15 is 0 Å². The summed E-state index contributed by atoms with van der Waals surface area (Å²) >= 11 is 4.45. The van der Waals surface area contributed by atoms with Crippen LogP contribution in [0, 0.1) is 25.2 Å². The Hall–Kier alpha value is -1.36. The van der Waals surface area contributed by atoms with Crippen LogP contribution in [0.2, 0.25) is 0 Å². The highest BCUT2D eigenvalue weighted by Gasteiger charge is 2.20. The molecule has 0 atom stereocenters. The van der Waals surface area contributed by atoms with E-state index in [4.69, 9.17) is 5.26 Å². The second-order valence-electron chi connectivity index (χ2n) is 4.24. The number of nitrogens with one attached hydrogen (secondary N) is 1. The molecule has 7 heteroatoms. The maximum atomic E-state index is 12.3. The summed E-state index contributed by atoms with van der Waals surface area (Å²) in [5.74, 6) is 0. The van der Waals surface area contributed by atoms with Gasteiger partial charge < -0.3 is 0 Å². The lowest BCUT2D eigenvalue weighted by Crippen LogP contribution is -2.12. The van der Waals surface area contributed by atoms with E-state index in [1.807, 2.05) is 13.0 Å². The molecule has 0 amide bonds. The van der Waals surface area contributed by atoms with Crippen molar-refractivity contribution >= 4 is 43.0 Å². The number of aryl methyl sites for hydroxylation is 2. The fourth-order valence-electron chi connectivity index (χ4n) is 1.66. The minimum absolute atomic E-state index is 0.215. The molecule has 2 rings (SSSR count). The van der Waals surface area contributed by atoms with Crippen LogP contribution in [0.4, 0.5) is 5.69 Å². The highest BCUT2D eigenvalue weighted by molar-refractivity contribution is 9.11. The monoisotopic (exact) mass is 370 g/mol. The third kappa shape index (κ3) is 2.87. The second kappa shape index (κ2) is 5.56. The summed E-state index contributed by atoms with van der Waals surface area (Å²) in [7, 11) is -3.68. The van der Waals surface area contributed by atoms with Crippen molar-refractivity contribution in [3.05, 3.63) is 44.7 Å². The number of hydrogen-bond donors (Lipinski definition) is 1. The molecule has 1 heterocycles. The largest absolute Gasteiger partial charge is 0.278 e. The van der Waals surface area contributed by atoms with E-state index in [9.17, 15) is 8.42 Å². The van der Waals surface area contributed by atoms with Gasteiger partial charge in [-0.05, 0) is 53.0 Å². The van der Waals surface area contributed by atoms with Crippen LogP contribution in [0.25, 0.3) is 0 Å². The fraction of sp³-hybridized carbons (Fsp3) is 0.154. The van der Waals surface area contributed by atoms with Crippen molar-refractivity contribution in [1.29, 1.82) is 5.26 Å². The first-order valence-electron chi connectivity index (χ1n) is 5.63. The standard InChI is InChI=1S/C13H11BrN2O2S2/c1-8-4-3-5-11(10(8)7-15)16-20(17,18)12-6-9(2)13(14)19-12/h3-6,16H,1-2H3. The molecule has 20 heavy (non-hydrogen) atoms. The van der Waals surface area contributed by atoms with Gasteiger partial charge in [0.2, 0.25) is 0 Å². The number of anilines is 1. The Balaban J connectivity index is 2.44. The van der Waals surface area contributed by atoms with Gasteiger partial charge in [-0.2, -0.15) is 5.26 Å². The second-order valence-corrected chi connectivity index (χ2v) is 8.52. The van der Waals surface area contributed by atoms with Gasteiger partial charge in [-0.25, -0.2) is 8.42 Å². The predicted octanol–water partition coefficient (Wildman–Crippen LogP) is 3.80. The lowest BCUT2D eigenvalue weighted by atomic mass is 10.1. The van der Waals surface area contributed by atoms with Crippen LogP contribution < -0.4 is 4.72 Å². The average molecular weight is 371 g/mol. The summed E-state index contributed by atoms with van der Waals surface area (Å²) in [6.07, 6.45) is 0. The van der Waals surface area contributed by atoms with E-state index in [2.05, 4.69) is 20.7 Å². The van der Waals surface area contributed by atoms with Crippen molar-refractivity contribution < 1.29 is 8.42 Å². The van der Waals surface area contributed by atoms with Gasteiger partial charge >= 0.3 is 0 Å². The van der Waals surface area contributed by atoms with Crippen molar-refractivity contribution in [2.45, 2.75) is 18.1 Å². The molecule has 104 valence electrons. The number of thiophene rings is 1. The van der Waals surface area contributed by atoms with Crippen LogP contribution in [0.3, 0.4) is 0 Å². The molecule has 1 aromatic heterocycles. The number of rotatable bonds is 3. The Morgan fingerprint density at radius 1 is 1.30 bits per heavy atom. The first-order valence-corrected chi connectivity index (χ1v) is 8.73. The molecule has 0 aliphatic carbocycles. The molecule has 4 nitrogen and oxygen atoms in total. The third-order valence-corrected chi connectivity index (χ3v) is 6.70. The topological polar surface area (TPSA) is 70.0 Å². The summed E-state index contributed by atoms with van der Waals surface area (Å²) < 4.78 is 28.1. The number of halogens is 1. The van der Waals surface area contributed by atoms with Crippen LogP contribution in [-0.2, 0) is 10.0 Å². The maximum absolute atomic E-state index is 12.3. The number of benzene rings is 1. The van der Waals surface area contributed by atoms with Crippen molar-refractivity contribution in [1.82, 2.24) is 0 Å². The van der Waals surface area contributed by atoms with E-state index in [1.54, 1.807) is 31.2 Å². The molecule has 1 N–H and O–H groups in total. The van der Waals surface area contributed by atoms with Crippen molar-refractivity contribution in [3.63, 3.8) is 0 Å². The minimum atomic E-state index is -3.68. The summed E-state index contributed by atoms with van der Waals surface area (Å²) in [6, 6.07) is 8.68. The fourth-order valence-corrected chi connectivity index (χ4v) is 4.96. The Labute approximate surface area is 130 Å². The predicted molar refractivity (Wildman–Crippen MR) is 83.5 cm³/mol. The van der Waals surface area contributed by atoms with Crippen LogP contribution >= 0.6 is 27.3 Å². The van der Waals surface area contributed by atoms with Crippen LogP contribution in [0.1, 0.15) is 16.7 Å². The minimum Gasteiger partial charge on any atom is -0.278 e. The van der Waals surface area contributed by atoms with Gasteiger partial charge in [0.05, 0.1) is 15.0 Å². The highest BCUT2D eigenvalue weighted by atomic mass is 79.9.